The third-order valence-electron chi connectivity index (χ3n) is 3.88. The summed E-state index contributed by atoms with van der Waals surface area (Å²) in [7, 11) is 0. The smallest absolute Gasteiger partial charge is 0.251 e. The van der Waals surface area contributed by atoms with E-state index >= 15 is 0 Å². The first-order valence-corrected chi connectivity index (χ1v) is 7.22. The fourth-order valence-corrected chi connectivity index (χ4v) is 2.19. The number of nitrogens with one attached hydrogen (secondary N) is 1. The Bertz CT molecular complexity index is 385. The van der Waals surface area contributed by atoms with E-state index in [1.807, 2.05) is 24.3 Å². The fraction of sp³-hybridized carbons (Fsp3) is 0.562. The van der Waals surface area contributed by atoms with Gasteiger partial charge in [0, 0.05) is 12.1 Å². The lowest BCUT2D eigenvalue weighted by molar-refractivity contribution is 0.0895. The van der Waals surface area contributed by atoms with E-state index in [0.717, 1.165) is 25.7 Å². The monoisotopic (exact) mass is 262 g/mol. The molecule has 0 radical (unpaired) electrons. The van der Waals surface area contributed by atoms with Gasteiger partial charge in [0.25, 0.3) is 5.91 Å². The summed E-state index contributed by atoms with van der Waals surface area (Å²) >= 11 is 0. The van der Waals surface area contributed by atoms with Gasteiger partial charge in [-0.1, -0.05) is 39.3 Å². The molecule has 1 rings (SSSR count). The predicted octanol–water partition coefficient (Wildman–Crippen LogP) is 2.89. The summed E-state index contributed by atoms with van der Waals surface area (Å²) < 4.78 is 0. The minimum Gasteiger partial charge on any atom is -0.345 e. The molecule has 1 aromatic carbocycles. The van der Waals surface area contributed by atoms with Crippen LogP contribution in [-0.4, -0.2) is 18.0 Å². The van der Waals surface area contributed by atoms with Crippen molar-refractivity contribution in [2.45, 2.75) is 52.0 Å². The highest BCUT2D eigenvalue weighted by Gasteiger charge is 2.26. The van der Waals surface area contributed by atoms with E-state index in [9.17, 15) is 4.79 Å². The van der Waals surface area contributed by atoms with E-state index < -0.39 is 0 Å². The van der Waals surface area contributed by atoms with Crippen LogP contribution >= 0.6 is 0 Å². The van der Waals surface area contributed by atoms with Crippen molar-refractivity contribution in [3.63, 3.8) is 0 Å². The maximum absolute atomic E-state index is 12.2. The molecular formula is C16H26N2O. The third-order valence-corrected chi connectivity index (χ3v) is 3.88. The van der Waals surface area contributed by atoms with Crippen LogP contribution in [0.25, 0.3) is 0 Å². The molecule has 0 atom stereocenters. The molecule has 0 heterocycles. The van der Waals surface area contributed by atoms with Crippen LogP contribution in [0, 0.1) is 0 Å². The summed E-state index contributed by atoms with van der Waals surface area (Å²) in [4.78, 5) is 12.2. The van der Waals surface area contributed by atoms with Crippen molar-refractivity contribution in [2.75, 3.05) is 6.54 Å². The van der Waals surface area contributed by atoms with Crippen molar-refractivity contribution in [3.05, 3.63) is 35.4 Å². The molecule has 0 aliphatic carbocycles. The molecule has 1 aromatic rings. The van der Waals surface area contributed by atoms with Crippen molar-refractivity contribution in [3.8, 4) is 0 Å². The van der Waals surface area contributed by atoms with Crippen molar-refractivity contribution in [1.82, 2.24) is 5.32 Å². The number of carbonyl (C=O) groups excluding carboxylic acids is 1. The van der Waals surface area contributed by atoms with Gasteiger partial charge in [-0.3, -0.25) is 4.79 Å². The molecule has 0 aliphatic rings. The van der Waals surface area contributed by atoms with Gasteiger partial charge < -0.3 is 11.1 Å². The Hall–Kier alpha value is -1.35. The van der Waals surface area contributed by atoms with Gasteiger partial charge in [0.05, 0.1) is 5.54 Å². The second-order valence-electron chi connectivity index (χ2n) is 5.09. The molecule has 3 N–H and O–H groups in total. The first-order chi connectivity index (χ1) is 9.10. The molecule has 0 bridgehead atoms. The third kappa shape index (κ3) is 4.06. The minimum absolute atomic E-state index is 0.0304. The Kier molecular flexibility index (Phi) is 6.03. The average molecular weight is 262 g/mol. The second-order valence-corrected chi connectivity index (χ2v) is 5.09. The lowest BCUT2D eigenvalue weighted by Crippen LogP contribution is -2.52. The summed E-state index contributed by atoms with van der Waals surface area (Å²) in [5, 5.41) is 3.08. The van der Waals surface area contributed by atoms with E-state index in [1.165, 1.54) is 5.56 Å². The largest absolute Gasteiger partial charge is 0.345 e. The van der Waals surface area contributed by atoms with Crippen LogP contribution in [0.1, 0.15) is 56.0 Å². The fourth-order valence-electron chi connectivity index (χ4n) is 2.19. The molecule has 0 saturated carbocycles. The maximum Gasteiger partial charge on any atom is 0.251 e. The molecule has 3 heteroatoms. The number of amides is 1. The summed E-state index contributed by atoms with van der Waals surface area (Å²) in [5.74, 6) is -0.0304. The van der Waals surface area contributed by atoms with Crippen LogP contribution in [-0.2, 0) is 6.42 Å². The van der Waals surface area contributed by atoms with Crippen LogP contribution in [0.15, 0.2) is 24.3 Å². The molecule has 0 aliphatic heterocycles. The Morgan fingerprint density at radius 3 is 2.16 bits per heavy atom. The van der Waals surface area contributed by atoms with E-state index in [0.29, 0.717) is 12.1 Å². The van der Waals surface area contributed by atoms with Crippen molar-refractivity contribution in [2.24, 2.45) is 5.73 Å². The molecule has 0 fully saturated rings. The topological polar surface area (TPSA) is 55.1 Å². The minimum atomic E-state index is -0.279. The lowest BCUT2D eigenvalue weighted by Gasteiger charge is -2.31. The van der Waals surface area contributed by atoms with Gasteiger partial charge in [-0.25, -0.2) is 0 Å². The van der Waals surface area contributed by atoms with Crippen LogP contribution in [0.2, 0.25) is 0 Å². The molecule has 3 nitrogen and oxygen atoms in total. The van der Waals surface area contributed by atoms with E-state index in [4.69, 9.17) is 5.73 Å². The average Bonchev–Trinajstić information content (AvgIpc) is 2.46. The summed E-state index contributed by atoms with van der Waals surface area (Å²) in [5.41, 5.74) is 7.51. The van der Waals surface area contributed by atoms with Crippen LogP contribution in [0.4, 0.5) is 0 Å². The summed E-state index contributed by atoms with van der Waals surface area (Å²) in [6.45, 7) is 6.74. The number of hydrogen-bond acceptors (Lipinski definition) is 2. The number of benzene rings is 1. The molecule has 0 unspecified atom stereocenters. The predicted molar refractivity (Wildman–Crippen MR) is 80.3 cm³/mol. The van der Waals surface area contributed by atoms with E-state index in [1.54, 1.807) is 0 Å². The highest BCUT2D eigenvalue weighted by molar-refractivity contribution is 5.94. The molecule has 106 valence electrons. The molecule has 0 spiro atoms. The standard InChI is InChI=1S/C16H26N2O/c1-4-7-13-8-10-14(11-9-13)15(19)18-16(5-2,6-3)12-17/h8-11H,4-7,12,17H2,1-3H3,(H,18,19). The van der Waals surface area contributed by atoms with E-state index in [2.05, 4.69) is 26.1 Å². The highest BCUT2D eigenvalue weighted by Crippen LogP contribution is 2.15. The van der Waals surface area contributed by atoms with Crippen molar-refractivity contribution >= 4 is 5.91 Å². The van der Waals surface area contributed by atoms with Gasteiger partial charge in [0.1, 0.15) is 0 Å². The molecule has 19 heavy (non-hydrogen) atoms. The Balaban J connectivity index is 2.77. The summed E-state index contributed by atoms with van der Waals surface area (Å²) in [6, 6.07) is 7.85. The van der Waals surface area contributed by atoms with Crippen LogP contribution < -0.4 is 11.1 Å². The number of nitrogens with two attached hydrogens (primary N) is 1. The zero-order valence-electron chi connectivity index (χ0n) is 12.3. The van der Waals surface area contributed by atoms with Gasteiger partial charge in [-0.2, -0.15) is 0 Å². The van der Waals surface area contributed by atoms with Gasteiger partial charge in [-0.05, 0) is 37.0 Å². The van der Waals surface area contributed by atoms with Crippen molar-refractivity contribution in [1.29, 1.82) is 0 Å². The van der Waals surface area contributed by atoms with Crippen LogP contribution in [0.3, 0.4) is 0 Å². The molecule has 0 aromatic heterocycles. The molecule has 0 saturated heterocycles. The summed E-state index contributed by atoms with van der Waals surface area (Å²) in [6.07, 6.45) is 3.87. The first kappa shape index (κ1) is 15.7. The first-order valence-electron chi connectivity index (χ1n) is 7.22. The van der Waals surface area contributed by atoms with Gasteiger partial charge in [-0.15, -0.1) is 0 Å². The Morgan fingerprint density at radius 2 is 1.74 bits per heavy atom. The number of hydrogen-bond donors (Lipinski definition) is 2. The van der Waals surface area contributed by atoms with Gasteiger partial charge >= 0.3 is 0 Å². The van der Waals surface area contributed by atoms with Gasteiger partial charge in [0.15, 0.2) is 0 Å². The second kappa shape index (κ2) is 7.29. The van der Waals surface area contributed by atoms with Crippen molar-refractivity contribution < 1.29 is 4.79 Å². The van der Waals surface area contributed by atoms with Gasteiger partial charge in [0.2, 0.25) is 0 Å². The number of rotatable bonds is 7. The SMILES string of the molecule is CCCc1ccc(C(=O)NC(CC)(CC)CN)cc1. The maximum atomic E-state index is 12.2. The Morgan fingerprint density at radius 1 is 1.16 bits per heavy atom. The number of carbonyl (C=O) groups is 1. The quantitative estimate of drug-likeness (QED) is 0.794. The normalized spacial score (nSPS) is 11.4. The molecule has 1 amide bonds. The van der Waals surface area contributed by atoms with Crippen LogP contribution in [0.5, 0.6) is 0 Å². The highest BCUT2D eigenvalue weighted by atomic mass is 16.1. The molecular weight excluding hydrogens is 236 g/mol. The Labute approximate surface area is 116 Å². The zero-order chi connectivity index (χ0) is 14.3. The lowest BCUT2D eigenvalue weighted by atomic mass is 9.92. The number of aryl methyl sites for hydroxylation is 1. The van der Waals surface area contributed by atoms with E-state index in [-0.39, 0.29) is 11.4 Å². The zero-order valence-corrected chi connectivity index (χ0v) is 12.3.